The predicted octanol–water partition coefficient (Wildman–Crippen LogP) is 3.04. The summed E-state index contributed by atoms with van der Waals surface area (Å²) in [4.78, 5) is 2.14. The second-order valence-corrected chi connectivity index (χ2v) is 5.19. The fraction of sp³-hybridized carbons (Fsp3) is 0.571. The molecule has 0 amide bonds. The zero-order valence-electron chi connectivity index (χ0n) is 11.2. The number of rotatable bonds is 3. The van der Waals surface area contributed by atoms with Gasteiger partial charge in [0.2, 0.25) is 0 Å². The second-order valence-electron chi connectivity index (χ2n) is 5.19. The molecule has 0 aromatic heterocycles. The Bertz CT molecular complexity index is 434. The summed E-state index contributed by atoms with van der Waals surface area (Å²) in [6.07, 6.45) is 2.22. The van der Waals surface area contributed by atoms with Gasteiger partial charge in [0.1, 0.15) is 11.6 Å². The van der Waals surface area contributed by atoms with Crippen LogP contribution in [0.4, 0.5) is 15.8 Å². The first kappa shape index (κ1) is 13.0. The summed E-state index contributed by atoms with van der Waals surface area (Å²) in [5.74, 6) is 0.789. The van der Waals surface area contributed by atoms with Crippen molar-refractivity contribution in [1.82, 2.24) is 0 Å². The molecular formula is C14H21FN2O. The Labute approximate surface area is 108 Å². The Morgan fingerprint density at radius 1 is 1.44 bits per heavy atom. The van der Waals surface area contributed by atoms with Crippen LogP contribution in [-0.4, -0.2) is 19.7 Å². The van der Waals surface area contributed by atoms with E-state index in [1.807, 2.05) is 0 Å². The molecule has 2 rings (SSSR count). The molecule has 1 fully saturated rings. The van der Waals surface area contributed by atoms with Crippen molar-refractivity contribution >= 4 is 11.4 Å². The lowest BCUT2D eigenvalue weighted by atomic mass is 10.0. The normalized spacial score (nSPS) is 19.6. The number of halogens is 1. The molecule has 0 aliphatic carbocycles. The van der Waals surface area contributed by atoms with Crippen molar-refractivity contribution in [3.8, 4) is 5.75 Å². The minimum Gasteiger partial charge on any atom is -0.495 e. The number of methoxy groups -OCH3 is 1. The third-order valence-corrected chi connectivity index (χ3v) is 3.68. The topological polar surface area (TPSA) is 38.5 Å². The van der Waals surface area contributed by atoms with Crippen LogP contribution >= 0.6 is 0 Å². The van der Waals surface area contributed by atoms with E-state index in [4.69, 9.17) is 10.5 Å². The van der Waals surface area contributed by atoms with Crippen LogP contribution in [0.25, 0.3) is 0 Å². The highest BCUT2D eigenvalue weighted by Gasteiger charge is 2.29. The van der Waals surface area contributed by atoms with Crippen LogP contribution in [0.1, 0.15) is 26.7 Å². The highest BCUT2D eigenvalue weighted by atomic mass is 19.1. The number of anilines is 2. The third-order valence-electron chi connectivity index (χ3n) is 3.68. The molecule has 1 aliphatic heterocycles. The SMILES string of the molecule is COc1cc(N2CCCC2C(C)C)c(F)cc1N. The fourth-order valence-corrected chi connectivity index (χ4v) is 2.74. The van der Waals surface area contributed by atoms with Crippen LogP contribution in [-0.2, 0) is 0 Å². The minimum absolute atomic E-state index is 0.263. The van der Waals surface area contributed by atoms with Crippen LogP contribution in [0, 0.1) is 11.7 Å². The van der Waals surface area contributed by atoms with Gasteiger partial charge in [-0.15, -0.1) is 0 Å². The van der Waals surface area contributed by atoms with E-state index in [9.17, 15) is 4.39 Å². The van der Waals surface area contributed by atoms with E-state index < -0.39 is 0 Å². The maximum atomic E-state index is 14.1. The van der Waals surface area contributed by atoms with Gasteiger partial charge in [-0.05, 0) is 18.8 Å². The van der Waals surface area contributed by atoms with Crippen molar-refractivity contribution in [2.24, 2.45) is 5.92 Å². The lowest BCUT2D eigenvalue weighted by Gasteiger charge is -2.30. The van der Waals surface area contributed by atoms with Crippen molar-refractivity contribution in [2.45, 2.75) is 32.7 Å². The lowest BCUT2D eigenvalue weighted by Crippen LogP contribution is -2.34. The van der Waals surface area contributed by atoms with Crippen LogP contribution in [0.3, 0.4) is 0 Å². The van der Waals surface area contributed by atoms with Gasteiger partial charge in [-0.2, -0.15) is 0 Å². The van der Waals surface area contributed by atoms with E-state index in [0.717, 1.165) is 19.4 Å². The van der Waals surface area contributed by atoms with E-state index in [2.05, 4.69) is 18.7 Å². The summed E-state index contributed by atoms with van der Waals surface area (Å²) in [6.45, 7) is 5.25. The smallest absolute Gasteiger partial charge is 0.148 e. The Kier molecular flexibility index (Phi) is 3.64. The van der Waals surface area contributed by atoms with Crippen LogP contribution < -0.4 is 15.4 Å². The van der Waals surface area contributed by atoms with Gasteiger partial charge in [-0.3, -0.25) is 0 Å². The monoisotopic (exact) mass is 252 g/mol. The molecule has 2 N–H and O–H groups in total. The number of nitrogens with zero attached hydrogens (tertiary/aromatic N) is 1. The summed E-state index contributed by atoms with van der Waals surface area (Å²) < 4.78 is 19.3. The Balaban J connectivity index is 2.38. The number of ether oxygens (including phenoxy) is 1. The zero-order valence-corrected chi connectivity index (χ0v) is 11.2. The van der Waals surface area contributed by atoms with Crippen molar-refractivity contribution in [3.05, 3.63) is 17.9 Å². The van der Waals surface area contributed by atoms with E-state index in [0.29, 0.717) is 29.1 Å². The van der Waals surface area contributed by atoms with Gasteiger partial charge < -0.3 is 15.4 Å². The maximum Gasteiger partial charge on any atom is 0.148 e. The van der Waals surface area contributed by atoms with Crippen molar-refractivity contribution in [2.75, 3.05) is 24.3 Å². The molecule has 1 aromatic carbocycles. The molecule has 1 heterocycles. The largest absolute Gasteiger partial charge is 0.495 e. The summed E-state index contributed by atoms with van der Waals surface area (Å²) in [7, 11) is 1.55. The molecule has 100 valence electrons. The second kappa shape index (κ2) is 5.04. The summed E-state index contributed by atoms with van der Waals surface area (Å²) in [5, 5.41) is 0. The third kappa shape index (κ3) is 2.24. The zero-order chi connectivity index (χ0) is 13.3. The van der Waals surface area contributed by atoms with Crippen LogP contribution in [0.2, 0.25) is 0 Å². The fourth-order valence-electron chi connectivity index (χ4n) is 2.74. The summed E-state index contributed by atoms with van der Waals surface area (Å²) in [5.41, 5.74) is 6.67. The molecule has 1 atom stereocenters. The first-order valence-corrected chi connectivity index (χ1v) is 6.44. The molecule has 0 radical (unpaired) electrons. The maximum absolute atomic E-state index is 14.1. The molecule has 0 bridgehead atoms. The van der Waals surface area contributed by atoms with Crippen molar-refractivity contribution in [1.29, 1.82) is 0 Å². The molecule has 18 heavy (non-hydrogen) atoms. The number of benzene rings is 1. The molecule has 1 aromatic rings. The first-order chi connectivity index (χ1) is 8.54. The van der Waals surface area contributed by atoms with Gasteiger partial charge in [0.15, 0.2) is 0 Å². The highest BCUT2D eigenvalue weighted by Crippen LogP contribution is 2.36. The molecule has 3 nitrogen and oxygen atoms in total. The molecule has 1 saturated heterocycles. The van der Waals surface area contributed by atoms with E-state index in [-0.39, 0.29) is 5.82 Å². The number of nitrogens with two attached hydrogens (primary N) is 1. The quantitative estimate of drug-likeness (QED) is 0.840. The number of nitrogen functional groups attached to an aromatic ring is 1. The number of hydrogen-bond donors (Lipinski definition) is 1. The van der Waals surface area contributed by atoms with Gasteiger partial charge in [-0.25, -0.2) is 4.39 Å². The van der Waals surface area contributed by atoms with Gasteiger partial charge in [0.25, 0.3) is 0 Å². The predicted molar refractivity (Wildman–Crippen MR) is 72.6 cm³/mol. The number of hydrogen-bond acceptors (Lipinski definition) is 3. The molecular weight excluding hydrogens is 231 g/mol. The van der Waals surface area contributed by atoms with E-state index in [1.54, 1.807) is 13.2 Å². The average Bonchev–Trinajstić information content (AvgIpc) is 2.78. The van der Waals surface area contributed by atoms with Crippen LogP contribution in [0.15, 0.2) is 12.1 Å². The minimum atomic E-state index is -0.263. The summed E-state index contributed by atoms with van der Waals surface area (Å²) >= 11 is 0. The van der Waals surface area contributed by atoms with Crippen molar-refractivity contribution in [3.63, 3.8) is 0 Å². The van der Waals surface area contributed by atoms with Gasteiger partial charge in [0.05, 0.1) is 18.5 Å². The highest BCUT2D eigenvalue weighted by molar-refractivity contribution is 5.64. The van der Waals surface area contributed by atoms with E-state index in [1.165, 1.54) is 6.07 Å². The Morgan fingerprint density at radius 3 is 2.78 bits per heavy atom. The first-order valence-electron chi connectivity index (χ1n) is 6.44. The van der Waals surface area contributed by atoms with Gasteiger partial charge in [-0.1, -0.05) is 13.8 Å². The van der Waals surface area contributed by atoms with Crippen molar-refractivity contribution < 1.29 is 9.13 Å². The van der Waals surface area contributed by atoms with E-state index >= 15 is 0 Å². The molecule has 0 saturated carbocycles. The van der Waals surface area contributed by atoms with Gasteiger partial charge >= 0.3 is 0 Å². The molecule has 1 aliphatic rings. The summed E-state index contributed by atoms with van der Waals surface area (Å²) in [6, 6.07) is 3.46. The molecule has 4 heteroatoms. The molecule has 1 unspecified atom stereocenters. The standard InChI is InChI=1S/C14H21FN2O/c1-9(2)12-5-4-6-17(12)13-8-14(18-3)11(16)7-10(13)15/h7-9,12H,4-6,16H2,1-3H3. The average molecular weight is 252 g/mol. The van der Waals surface area contributed by atoms with Crippen LogP contribution in [0.5, 0.6) is 5.75 Å². The molecule has 0 spiro atoms. The Morgan fingerprint density at radius 2 is 2.17 bits per heavy atom. The van der Waals surface area contributed by atoms with Gasteiger partial charge in [0, 0.05) is 24.7 Å². The Hall–Kier alpha value is -1.45. The lowest BCUT2D eigenvalue weighted by molar-refractivity contribution is 0.415.